The van der Waals surface area contributed by atoms with Crippen LogP contribution in [0.15, 0.2) is 35.7 Å². The van der Waals surface area contributed by atoms with Gasteiger partial charge in [-0.2, -0.15) is 15.2 Å². The number of ether oxygens (including phenoxy) is 5. The fourth-order valence-corrected chi connectivity index (χ4v) is 9.69. The highest BCUT2D eigenvalue weighted by atomic mass is 16.7. The molecule has 1 N–H and O–H groups in total. The Morgan fingerprint density at radius 3 is 2.43 bits per heavy atom. The number of amides is 1. The predicted molar refractivity (Wildman–Crippen MR) is 208 cm³/mol. The number of cyclic esters (lactones) is 1. The first kappa shape index (κ1) is 42.0. The molecule has 4 aliphatic rings. The van der Waals surface area contributed by atoms with Crippen molar-refractivity contribution in [1.29, 1.82) is 0 Å². The first-order valence-electron chi connectivity index (χ1n) is 20.2. The third-order valence-corrected chi connectivity index (χ3v) is 12.8. The number of rotatable bonds is 9. The first-order valence-corrected chi connectivity index (χ1v) is 20.2. The summed E-state index contributed by atoms with van der Waals surface area (Å²) in [7, 11) is 5.38. The minimum atomic E-state index is -1.26. The van der Waals surface area contributed by atoms with E-state index in [1.165, 1.54) is 6.92 Å². The van der Waals surface area contributed by atoms with Crippen LogP contribution in [0.1, 0.15) is 81.1 Å². The average molecular weight is 783 g/mol. The monoisotopic (exact) mass is 782 g/mol. The second-order valence-corrected chi connectivity index (χ2v) is 17.0. The van der Waals surface area contributed by atoms with Crippen LogP contribution in [0.3, 0.4) is 0 Å². The van der Waals surface area contributed by atoms with Gasteiger partial charge < -0.3 is 38.3 Å². The molecule has 1 aromatic carbocycles. The number of aryl methyl sites for hydroxylation is 1. The molecule has 1 amide bonds. The number of hydrogen-bond donors (Lipinski definition) is 1. The van der Waals surface area contributed by atoms with Crippen molar-refractivity contribution in [2.24, 2.45) is 28.8 Å². The maximum atomic E-state index is 14.3. The second-order valence-electron chi connectivity index (χ2n) is 17.0. The molecule has 2 aromatic rings. The molecule has 1 unspecified atom stereocenters. The number of aliphatic hydroxyl groups is 1. The molecule has 4 aliphatic heterocycles. The summed E-state index contributed by atoms with van der Waals surface area (Å²) in [5.74, 6) is -3.75. The predicted octanol–water partition coefficient (Wildman–Crippen LogP) is 4.65. The summed E-state index contributed by atoms with van der Waals surface area (Å²) >= 11 is 0. The molecule has 310 valence electrons. The number of benzene rings is 1. The zero-order chi connectivity index (χ0) is 40.9. The number of hydrazine groups is 1. The van der Waals surface area contributed by atoms with Gasteiger partial charge in [-0.1, -0.05) is 39.8 Å². The van der Waals surface area contributed by atoms with Gasteiger partial charge in [0.1, 0.15) is 24.2 Å². The van der Waals surface area contributed by atoms with Crippen molar-refractivity contribution < 1.29 is 43.2 Å². The minimum absolute atomic E-state index is 0.225. The Morgan fingerprint density at radius 1 is 1.04 bits per heavy atom. The normalized spacial score (nSPS) is 38.4. The lowest BCUT2D eigenvalue weighted by Crippen LogP contribution is -2.63. The fraction of sp³-hybridized carbons (Fsp3) is 0.732. The van der Waals surface area contributed by atoms with Crippen LogP contribution in [0.2, 0.25) is 0 Å². The van der Waals surface area contributed by atoms with Crippen LogP contribution in [-0.2, 0) is 39.8 Å². The van der Waals surface area contributed by atoms with E-state index in [4.69, 9.17) is 28.8 Å². The molecule has 3 saturated heterocycles. The third kappa shape index (κ3) is 7.57. The summed E-state index contributed by atoms with van der Waals surface area (Å²) in [6.07, 6.45) is -0.921. The SMILES string of the molecule is CC[C@H]1OC(=O)[C@H](C)C(=O)[C@H](C)[C@@H](O[C@H]2O[C@@H](C)C[C@@H](N(C)C)[C@@H]2O)C(C)(OC)C[C@@H](C)C2=NN(CCCn3cnc4ccccc43)N3C(=O)O[C@@]1(C)[C@H]3[C@H]2C. The number of hydrazone groups is 1. The van der Waals surface area contributed by atoms with E-state index in [0.29, 0.717) is 38.8 Å². The molecule has 0 saturated carbocycles. The van der Waals surface area contributed by atoms with Gasteiger partial charge in [0.2, 0.25) is 0 Å². The molecule has 13 atom stereocenters. The zero-order valence-corrected chi connectivity index (χ0v) is 34.9. The van der Waals surface area contributed by atoms with E-state index >= 15 is 0 Å². The lowest BCUT2D eigenvalue weighted by atomic mass is 9.73. The van der Waals surface area contributed by atoms with Crippen molar-refractivity contribution in [3.05, 3.63) is 30.6 Å². The Labute approximate surface area is 330 Å². The number of ketones is 1. The number of carbonyl (C=O) groups is 3. The topological polar surface area (TPSA) is 157 Å². The number of nitrogens with zero attached hydrogens (tertiary/aromatic N) is 6. The molecular formula is C41H62N6O9. The van der Waals surface area contributed by atoms with Crippen molar-refractivity contribution >= 4 is 34.6 Å². The zero-order valence-electron chi connectivity index (χ0n) is 34.9. The summed E-state index contributed by atoms with van der Waals surface area (Å²) in [6.45, 7) is 15.9. The quantitative estimate of drug-likeness (QED) is 0.278. The average Bonchev–Trinajstić information content (AvgIpc) is 3.70. The van der Waals surface area contributed by atoms with Crippen molar-refractivity contribution in [3.8, 4) is 0 Å². The molecule has 56 heavy (non-hydrogen) atoms. The smallest absolute Gasteiger partial charge is 0.431 e. The minimum Gasteiger partial charge on any atom is -0.457 e. The van der Waals surface area contributed by atoms with E-state index in [1.807, 2.05) is 84.2 Å². The Hall–Kier alpha value is -3.63. The summed E-state index contributed by atoms with van der Waals surface area (Å²) in [6, 6.07) is 7.13. The first-order chi connectivity index (χ1) is 26.4. The summed E-state index contributed by atoms with van der Waals surface area (Å²) in [5.41, 5.74) is 0.346. The third-order valence-electron chi connectivity index (χ3n) is 12.8. The number of para-hydroxylation sites is 2. The van der Waals surface area contributed by atoms with Gasteiger partial charge in [-0.25, -0.2) is 9.78 Å². The Bertz CT molecular complexity index is 1790. The lowest BCUT2D eigenvalue weighted by molar-refractivity contribution is -0.295. The molecule has 0 radical (unpaired) electrons. The van der Waals surface area contributed by atoms with Crippen molar-refractivity contribution in [2.45, 2.75) is 142 Å². The number of methoxy groups -OCH3 is 1. The highest BCUT2D eigenvalue weighted by Gasteiger charge is 2.63. The van der Waals surface area contributed by atoms with E-state index in [1.54, 1.807) is 24.2 Å². The lowest BCUT2D eigenvalue weighted by Gasteiger charge is -2.49. The second kappa shape index (κ2) is 16.3. The number of hydrogen-bond acceptors (Lipinski definition) is 13. The largest absolute Gasteiger partial charge is 0.457 e. The van der Waals surface area contributed by atoms with Gasteiger partial charge >= 0.3 is 12.1 Å². The molecule has 3 fully saturated rings. The van der Waals surface area contributed by atoms with Crippen LogP contribution >= 0.6 is 0 Å². The van der Waals surface area contributed by atoms with Crippen molar-refractivity contribution in [2.75, 3.05) is 27.7 Å². The van der Waals surface area contributed by atoms with Crippen molar-refractivity contribution in [1.82, 2.24) is 24.6 Å². The highest BCUT2D eigenvalue weighted by Crippen LogP contribution is 2.45. The number of fused-ring (bicyclic) bond motifs is 2. The van der Waals surface area contributed by atoms with Crippen LogP contribution in [0, 0.1) is 23.7 Å². The van der Waals surface area contributed by atoms with Gasteiger partial charge in [-0.05, 0) is 85.5 Å². The van der Waals surface area contributed by atoms with E-state index in [9.17, 15) is 19.5 Å². The Balaban J connectivity index is 1.40. The number of aromatic nitrogens is 2. The van der Waals surface area contributed by atoms with Crippen LogP contribution in [0.25, 0.3) is 11.0 Å². The van der Waals surface area contributed by atoms with Crippen molar-refractivity contribution in [3.63, 3.8) is 0 Å². The van der Waals surface area contributed by atoms with Crippen LogP contribution in [0.5, 0.6) is 0 Å². The summed E-state index contributed by atoms with van der Waals surface area (Å²) < 4.78 is 33.8. The fourth-order valence-electron chi connectivity index (χ4n) is 9.69. The molecule has 1 aromatic heterocycles. The number of aliphatic hydroxyl groups excluding tert-OH is 1. The number of esters is 1. The van der Waals surface area contributed by atoms with Gasteiger partial charge in [0.25, 0.3) is 0 Å². The van der Waals surface area contributed by atoms with Gasteiger partial charge in [-0.3, -0.25) is 9.59 Å². The van der Waals surface area contributed by atoms with E-state index in [-0.39, 0.29) is 24.0 Å². The molecule has 5 heterocycles. The molecule has 6 rings (SSSR count). The Morgan fingerprint density at radius 2 is 1.75 bits per heavy atom. The highest BCUT2D eigenvalue weighted by molar-refractivity contribution is 6.00. The van der Waals surface area contributed by atoms with Crippen LogP contribution in [-0.4, -0.2) is 135 Å². The molecular weight excluding hydrogens is 720 g/mol. The standard InChI is InChI=1S/C41H62N6O9/c1-12-31-41(8)35-25(4)32(43-46(47(35)39(51)56-41)19-15-18-45-22-42-28-16-13-14-17-29(28)45)23(2)21-40(7,52-11)36(26(5)33(48)27(6)37(50)54-31)55-38-34(49)30(44(9)10)20-24(3)53-38/h13-14,16-17,22-27,30-31,34-36,38,49H,12,15,18-21H2,1-11H3/t23-,24+,25+,26+,27-,30-,31-,34+,35-,36-,38-,40?,41-/m1/s1. The van der Waals surface area contributed by atoms with Gasteiger partial charge in [0, 0.05) is 37.2 Å². The van der Waals surface area contributed by atoms with Gasteiger partial charge in [0.05, 0.1) is 41.7 Å². The number of Topliss-reactive ketones (excluding diaryl/α,β-unsaturated/α-hetero) is 1. The van der Waals surface area contributed by atoms with Gasteiger partial charge in [0.15, 0.2) is 17.7 Å². The molecule has 0 spiro atoms. The molecule has 15 nitrogen and oxygen atoms in total. The van der Waals surface area contributed by atoms with E-state index < -0.39 is 71.5 Å². The van der Waals surface area contributed by atoms with Gasteiger partial charge in [-0.15, -0.1) is 0 Å². The number of carbonyl (C=O) groups excluding carboxylic acids is 3. The summed E-state index contributed by atoms with van der Waals surface area (Å²) in [4.78, 5) is 48.8. The number of imidazole rings is 1. The maximum Gasteiger partial charge on any atom is 0.431 e. The molecule has 15 heteroatoms. The number of likely N-dealkylation sites (N-methyl/N-ethyl adjacent to an activating group) is 1. The maximum absolute atomic E-state index is 14.3. The summed E-state index contributed by atoms with van der Waals surface area (Å²) in [5, 5.41) is 20.0. The van der Waals surface area contributed by atoms with E-state index in [2.05, 4.69) is 16.5 Å². The molecule has 2 bridgehead atoms. The van der Waals surface area contributed by atoms with E-state index in [0.717, 1.165) is 16.7 Å². The van der Waals surface area contributed by atoms with Crippen LogP contribution in [0.4, 0.5) is 4.79 Å². The van der Waals surface area contributed by atoms with Crippen LogP contribution < -0.4 is 0 Å². The Kier molecular flexibility index (Phi) is 12.2. The molecule has 0 aliphatic carbocycles.